The van der Waals surface area contributed by atoms with Gasteiger partial charge in [0.05, 0.1) is 10.7 Å². The van der Waals surface area contributed by atoms with Gasteiger partial charge in [-0.3, -0.25) is 4.72 Å². The average molecular weight is 444 g/mol. The van der Waals surface area contributed by atoms with Gasteiger partial charge in [0.15, 0.2) is 0 Å². The SMILES string of the molecule is O=S(=O)(Nc1c(Cl)cc(F)cc1Br)c1ccccc1Br. The maximum Gasteiger partial charge on any atom is 0.263 e. The number of halogens is 4. The fraction of sp³-hybridized carbons (Fsp3) is 0. The molecule has 0 saturated heterocycles. The Hall–Kier alpha value is -0.630. The summed E-state index contributed by atoms with van der Waals surface area (Å²) >= 11 is 12.1. The van der Waals surface area contributed by atoms with Crippen molar-refractivity contribution < 1.29 is 12.8 Å². The van der Waals surface area contributed by atoms with E-state index < -0.39 is 15.8 Å². The Morgan fingerprint density at radius 2 is 1.75 bits per heavy atom. The van der Waals surface area contributed by atoms with Crippen LogP contribution in [0.25, 0.3) is 0 Å². The van der Waals surface area contributed by atoms with E-state index in [2.05, 4.69) is 36.6 Å². The van der Waals surface area contributed by atoms with Crippen molar-refractivity contribution >= 4 is 59.2 Å². The van der Waals surface area contributed by atoms with E-state index in [1.807, 2.05) is 0 Å². The van der Waals surface area contributed by atoms with Crippen LogP contribution in [0.1, 0.15) is 0 Å². The lowest BCUT2D eigenvalue weighted by Crippen LogP contribution is -2.14. The molecule has 0 aliphatic heterocycles. The predicted octanol–water partition coefficient (Wildman–Crippen LogP) is 4.80. The standard InChI is InChI=1S/C12H7Br2ClFNO2S/c13-8-3-1-2-4-11(8)20(18,19)17-12-9(14)5-7(16)6-10(12)15/h1-6,17H. The van der Waals surface area contributed by atoms with Gasteiger partial charge in [0.2, 0.25) is 0 Å². The van der Waals surface area contributed by atoms with Gasteiger partial charge in [0.1, 0.15) is 10.7 Å². The van der Waals surface area contributed by atoms with E-state index in [0.29, 0.717) is 4.47 Å². The first-order valence-corrected chi connectivity index (χ1v) is 8.68. The molecule has 0 atom stereocenters. The second kappa shape index (κ2) is 6.01. The minimum absolute atomic E-state index is 0.0347. The maximum atomic E-state index is 13.1. The molecule has 0 fully saturated rings. The summed E-state index contributed by atoms with van der Waals surface area (Å²) in [5.41, 5.74) is 0.0869. The van der Waals surface area contributed by atoms with Crippen LogP contribution < -0.4 is 4.72 Å². The van der Waals surface area contributed by atoms with Crippen molar-refractivity contribution in [3.8, 4) is 0 Å². The highest BCUT2D eigenvalue weighted by Crippen LogP contribution is 2.34. The summed E-state index contributed by atoms with van der Waals surface area (Å²) < 4.78 is 40.7. The molecule has 8 heteroatoms. The van der Waals surface area contributed by atoms with Crippen molar-refractivity contribution in [3.63, 3.8) is 0 Å². The first-order valence-electron chi connectivity index (χ1n) is 5.23. The molecule has 0 unspecified atom stereocenters. The zero-order chi connectivity index (χ0) is 14.9. The summed E-state index contributed by atoms with van der Waals surface area (Å²) in [6, 6.07) is 8.51. The van der Waals surface area contributed by atoms with Crippen LogP contribution in [0.3, 0.4) is 0 Å². The fourth-order valence-corrected chi connectivity index (χ4v) is 4.68. The third kappa shape index (κ3) is 3.33. The zero-order valence-electron chi connectivity index (χ0n) is 9.70. The normalized spacial score (nSPS) is 11.4. The van der Waals surface area contributed by atoms with Gasteiger partial charge in [-0.1, -0.05) is 23.7 Å². The Morgan fingerprint density at radius 1 is 1.10 bits per heavy atom. The molecular formula is C12H7Br2ClFNO2S. The number of rotatable bonds is 3. The van der Waals surface area contributed by atoms with E-state index in [0.717, 1.165) is 12.1 Å². The van der Waals surface area contributed by atoms with Gasteiger partial charge in [-0.2, -0.15) is 0 Å². The number of sulfonamides is 1. The van der Waals surface area contributed by atoms with Crippen molar-refractivity contribution in [3.05, 3.63) is 56.2 Å². The van der Waals surface area contributed by atoms with Gasteiger partial charge in [-0.05, 0) is 56.1 Å². The second-order valence-corrected chi connectivity index (χ2v) is 7.55. The predicted molar refractivity (Wildman–Crippen MR) is 84.1 cm³/mol. The van der Waals surface area contributed by atoms with E-state index in [1.54, 1.807) is 18.2 Å². The van der Waals surface area contributed by atoms with Gasteiger partial charge in [-0.25, -0.2) is 12.8 Å². The van der Waals surface area contributed by atoms with Crippen LogP contribution in [-0.2, 0) is 10.0 Å². The van der Waals surface area contributed by atoms with E-state index in [1.165, 1.54) is 6.07 Å². The van der Waals surface area contributed by atoms with Crippen LogP contribution in [0.4, 0.5) is 10.1 Å². The van der Waals surface area contributed by atoms with E-state index in [4.69, 9.17) is 11.6 Å². The van der Waals surface area contributed by atoms with Crippen LogP contribution >= 0.6 is 43.5 Å². The molecule has 0 saturated carbocycles. The molecule has 3 nitrogen and oxygen atoms in total. The van der Waals surface area contributed by atoms with Crippen molar-refractivity contribution in [1.29, 1.82) is 0 Å². The summed E-state index contributed by atoms with van der Waals surface area (Å²) in [5.74, 6) is -0.564. The monoisotopic (exact) mass is 441 g/mol. The van der Waals surface area contributed by atoms with Crippen LogP contribution in [0.15, 0.2) is 50.2 Å². The highest BCUT2D eigenvalue weighted by atomic mass is 79.9. The summed E-state index contributed by atoms with van der Waals surface area (Å²) in [6.07, 6.45) is 0. The molecule has 0 aliphatic rings. The van der Waals surface area contributed by atoms with E-state index in [-0.39, 0.29) is 20.1 Å². The fourth-order valence-electron chi connectivity index (χ4n) is 1.49. The molecule has 2 aromatic carbocycles. The molecular weight excluding hydrogens is 436 g/mol. The average Bonchev–Trinajstić information content (AvgIpc) is 2.34. The quantitative estimate of drug-likeness (QED) is 0.741. The molecule has 0 spiro atoms. The molecule has 1 N–H and O–H groups in total. The van der Waals surface area contributed by atoms with Crippen LogP contribution in [-0.4, -0.2) is 8.42 Å². The molecule has 0 amide bonds. The number of benzene rings is 2. The first-order chi connectivity index (χ1) is 9.31. The summed E-state index contributed by atoms with van der Waals surface area (Å²) in [7, 11) is -3.84. The topological polar surface area (TPSA) is 46.2 Å². The van der Waals surface area contributed by atoms with Gasteiger partial charge in [0, 0.05) is 8.95 Å². The first kappa shape index (κ1) is 15.8. The van der Waals surface area contributed by atoms with Crippen LogP contribution in [0.5, 0.6) is 0 Å². The molecule has 2 rings (SSSR count). The van der Waals surface area contributed by atoms with Crippen molar-refractivity contribution in [2.75, 3.05) is 4.72 Å². The van der Waals surface area contributed by atoms with Crippen LogP contribution in [0.2, 0.25) is 5.02 Å². The summed E-state index contributed by atoms with van der Waals surface area (Å²) in [6.45, 7) is 0. The molecule has 20 heavy (non-hydrogen) atoms. The number of hydrogen-bond acceptors (Lipinski definition) is 2. The largest absolute Gasteiger partial charge is 0.277 e. The zero-order valence-corrected chi connectivity index (χ0v) is 14.4. The minimum Gasteiger partial charge on any atom is -0.277 e. The highest BCUT2D eigenvalue weighted by molar-refractivity contribution is 9.11. The Morgan fingerprint density at radius 3 is 2.35 bits per heavy atom. The van der Waals surface area contributed by atoms with Crippen LogP contribution in [0, 0.1) is 5.82 Å². The van der Waals surface area contributed by atoms with Crippen molar-refractivity contribution in [2.45, 2.75) is 4.90 Å². The third-order valence-electron chi connectivity index (χ3n) is 2.37. The van der Waals surface area contributed by atoms with Gasteiger partial charge < -0.3 is 0 Å². The van der Waals surface area contributed by atoms with Crippen molar-refractivity contribution in [1.82, 2.24) is 0 Å². The Bertz CT molecular complexity index is 745. The summed E-state index contributed by atoms with van der Waals surface area (Å²) in [4.78, 5) is 0.0623. The Balaban J connectivity index is 2.47. The third-order valence-corrected chi connectivity index (χ3v) is 5.65. The van der Waals surface area contributed by atoms with Gasteiger partial charge in [-0.15, -0.1) is 0 Å². The molecule has 2 aromatic rings. The van der Waals surface area contributed by atoms with Gasteiger partial charge in [0.25, 0.3) is 10.0 Å². The molecule has 0 bridgehead atoms. The lowest BCUT2D eigenvalue weighted by atomic mass is 10.3. The number of nitrogens with one attached hydrogen (secondary N) is 1. The van der Waals surface area contributed by atoms with Crippen molar-refractivity contribution in [2.24, 2.45) is 0 Å². The minimum atomic E-state index is -3.84. The Labute approximate surface area is 137 Å². The maximum absolute atomic E-state index is 13.1. The van der Waals surface area contributed by atoms with E-state index in [9.17, 15) is 12.8 Å². The molecule has 0 aromatic heterocycles. The number of anilines is 1. The highest BCUT2D eigenvalue weighted by Gasteiger charge is 2.20. The Kier molecular flexibility index (Phi) is 4.73. The molecule has 0 aliphatic carbocycles. The summed E-state index contributed by atoms with van der Waals surface area (Å²) in [5, 5.41) is -0.0347. The molecule has 0 radical (unpaired) electrons. The second-order valence-electron chi connectivity index (χ2n) is 3.78. The lowest BCUT2D eigenvalue weighted by Gasteiger charge is -2.12. The smallest absolute Gasteiger partial charge is 0.263 e. The molecule has 106 valence electrons. The van der Waals surface area contributed by atoms with Gasteiger partial charge >= 0.3 is 0 Å². The lowest BCUT2D eigenvalue weighted by molar-refractivity contribution is 0.600. The number of hydrogen-bond donors (Lipinski definition) is 1. The molecule has 0 heterocycles. The van der Waals surface area contributed by atoms with E-state index >= 15 is 0 Å².